The van der Waals surface area contributed by atoms with Crippen LogP contribution in [0.15, 0.2) is 42.7 Å². The molecule has 0 aliphatic heterocycles. The van der Waals surface area contributed by atoms with E-state index < -0.39 is 0 Å². The molecule has 0 unspecified atom stereocenters. The lowest BCUT2D eigenvalue weighted by atomic mass is 10.1. The molecule has 0 aliphatic rings. The topological polar surface area (TPSA) is 54.0 Å². The van der Waals surface area contributed by atoms with Gasteiger partial charge in [0, 0.05) is 13.2 Å². The van der Waals surface area contributed by atoms with Gasteiger partial charge in [0.05, 0.1) is 23.1 Å². The third kappa shape index (κ3) is 4.09. The first-order valence-electron chi connectivity index (χ1n) is 6.70. The Morgan fingerprint density at radius 2 is 1.85 bits per heavy atom. The number of benzene rings is 1. The van der Waals surface area contributed by atoms with Crippen LogP contribution in [-0.4, -0.2) is 17.9 Å². The lowest BCUT2D eigenvalue weighted by molar-refractivity contribution is 0.0964. The summed E-state index contributed by atoms with van der Waals surface area (Å²) in [5.74, 6) is -0.112. The lowest BCUT2D eigenvalue weighted by Gasteiger charge is -2.11. The van der Waals surface area contributed by atoms with Crippen molar-refractivity contribution in [1.82, 2.24) is 10.3 Å². The zero-order valence-corrected chi connectivity index (χ0v) is 12.4. The van der Waals surface area contributed by atoms with Crippen molar-refractivity contribution in [2.24, 2.45) is 0 Å². The molecule has 1 aromatic carbocycles. The number of amides is 1. The first-order valence-corrected chi connectivity index (χ1v) is 6.70. The monoisotopic (exact) mass is 271 g/mol. The van der Waals surface area contributed by atoms with Crippen LogP contribution in [-0.2, 0) is 0 Å². The number of pyridine rings is 1. The molecule has 2 N–H and O–H groups in total. The predicted octanol–water partition coefficient (Wildman–Crippen LogP) is 3.52. The van der Waals surface area contributed by atoms with Gasteiger partial charge in [-0.05, 0) is 30.7 Å². The number of nitrogens with zero attached hydrogens (tertiary/aromatic N) is 1. The summed E-state index contributed by atoms with van der Waals surface area (Å²) in [4.78, 5) is 15.8. The van der Waals surface area contributed by atoms with E-state index in [2.05, 4.69) is 15.6 Å². The van der Waals surface area contributed by atoms with Gasteiger partial charge in [0.1, 0.15) is 0 Å². The molecule has 1 aromatic heterocycles. The van der Waals surface area contributed by atoms with Crippen LogP contribution < -0.4 is 10.6 Å². The third-order valence-electron chi connectivity index (χ3n) is 2.55. The molecule has 1 heterocycles. The number of aryl methyl sites for hydroxylation is 1. The van der Waals surface area contributed by atoms with Gasteiger partial charge < -0.3 is 10.6 Å². The highest BCUT2D eigenvalue weighted by Crippen LogP contribution is 2.20. The number of aromatic nitrogens is 1. The fourth-order valence-corrected chi connectivity index (χ4v) is 1.70. The molecule has 106 valence electrons. The van der Waals surface area contributed by atoms with Gasteiger partial charge >= 0.3 is 0 Å². The fraction of sp³-hybridized carbons (Fsp3) is 0.250. The van der Waals surface area contributed by atoms with Crippen molar-refractivity contribution < 1.29 is 4.79 Å². The van der Waals surface area contributed by atoms with Gasteiger partial charge in [-0.2, -0.15) is 0 Å². The van der Waals surface area contributed by atoms with E-state index in [-0.39, 0.29) is 5.91 Å². The second kappa shape index (κ2) is 7.94. The Hall–Kier alpha value is -2.36. The van der Waals surface area contributed by atoms with Crippen molar-refractivity contribution >= 4 is 17.3 Å². The quantitative estimate of drug-likeness (QED) is 0.898. The molecular weight excluding hydrogens is 250 g/mol. The Labute approximate surface area is 120 Å². The summed E-state index contributed by atoms with van der Waals surface area (Å²) in [6.45, 7) is 5.98. The van der Waals surface area contributed by atoms with Crippen molar-refractivity contribution in [3.05, 3.63) is 53.9 Å². The highest BCUT2D eigenvalue weighted by Gasteiger charge is 2.08. The van der Waals surface area contributed by atoms with Gasteiger partial charge in [-0.3, -0.25) is 9.78 Å². The molecule has 2 aromatic rings. The fourth-order valence-electron chi connectivity index (χ4n) is 1.70. The second-order valence-corrected chi connectivity index (χ2v) is 4.00. The summed E-state index contributed by atoms with van der Waals surface area (Å²) >= 11 is 0. The Balaban J connectivity index is 0.000000956. The Kier molecular flexibility index (Phi) is 6.23. The van der Waals surface area contributed by atoms with Gasteiger partial charge in [0.25, 0.3) is 5.91 Å². The van der Waals surface area contributed by atoms with Crippen LogP contribution in [0.3, 0.4) is 0 Å². The number of hydrogen-bond donors (Lipinski definition) is 2. The Morgan fingerprint density at radius 3 is 2.50 bits per heavy atom. The normalized spacial score (nSPS) is 9.20. The summed E-state index contributed by atoms with van der Waals surface area (Å²) in [5.41, 5.74) is 3.31. The third-order valence-corrected chi connectivity index (χ3v) is 2.55. The average Bonchev–Trinajstić information content (AvgIpc) is 2.49. The van der Waals surface area contributed by atoms with Gasteiger partial charge in [0.2, 0.25) is 0 Å². The predicted molar refractivity (Wildman–Crippen MR) is 83.4 cm³/mol. The molecule has 0 bridgehead atoms. The van der Waals surface area contributed by atoms with E-state index in [9.17, 15) is 4.79 Å². The summed E-state index contributed by atoms with van der Waals surface area (Å²) in [7, 11) is 1.62. The minimum Gasteiger partial charge on any atom is -0.355 e. The standard InChI is InChI=1S/C14H15N3O.C2H6/c1-10-7-11(9-16-8-10)17-13-6-4-3-5-12(13)14(18)15-2;1-2/h3-9,17H,1-2H3,(H,15,18);1-2H3. The van der Waals surface area contributed by atoms with Gasteiger partial charge in [-0.15, -0.1) is 0 Å². The summed E-state index contributed by atoms with van der Waals surface area (Å²) in [6.07, 6.45) is 3.52. The van der Waals surface area contributed by atoms with Crippen LogP contribution in [0.2, 0.25) is 0 Å². The van der Waals surface area contributed by atoms with Crippen molar-refractivity contribution in [2.45, 2.75) is 20.8 Å². The van der Waals surface area contributed by atoms with Crippen LogP contribution in [0.25, 0.3) is 0 Å². The van der Waals surface area contributed by atoms with E-state index in [4.69, 9.17) is 0 Å². The number of hydrogen-bond acceptors (Lipinski definition) is 3. The maximum atomic E-state index is 11.7. The number of carbonyl (C=O) groups is 1. The summed E-state index contributed by atoms with van der Waals surface area (Å²) in [6, 6.07) is 9.35. The van der Waals surface area contributed by atoms with E-state index >= 15 is 0 Å². The number of anilines is 2. The number of nitrogens with one attached hydrogen (secondary N) is 2. The van der Waals surface area contributed by atoms with Crippen LogP contribution in [0.1, 0.15) is 29.8 Å². The van der Waals surface area contributed by atoms with Crippen LogP contribution in [0.4, 0.5) is 11.4 Å². The molecule has 1 amide bonds. The minimum atomic E-state index is -0.112. The molecule has 20 heavy (non-hydrogen) atoms. The molecule has 0 atom stereocenters. The van der Waals surface area contributed by atoms with E-state index in [1.807, 2.05) is 45.0 Å². The van der Waals surface area contributed by atoms with Crippen LogP contribution in [0, 0.1) is 6.92 Å². The van der Waals surface area contributed by atoms with E-state index in [1.54, 1.807) is 25.5 Å². The van der Waals surface area contributed by atoms with E-state index in [0.29, 0.717) is 5.56 Å². The summed E-state index contributed by atoms with van der Waals surface area (Å²) < 4.78 is 0. The maximum Gasteiger partial charge on any atom is 0.253 e. The highest BCUT2D eigenvalue weighted by atomic mass is 16.1. The minimum absolute atomic E-state index is 0.112. The number of carbonyl (C=O) groups excluding carboxylic acids is 1. The summed E-state index contributed by atoms with van der Waals surface area (Å²) in [5, 5.41) is 5.83. The molecule has 0 aliphatic carbocycles. The molecule has 0 saturated carbocycles. The van der Waals surface area contributed by atoms with Crippen molar-refractivity contribution in [1.29, 1.82) is 0 Å². The Morgan fingerprint density at radius 1 is 1.15 bits per heavy atom. The van der Waals surface area contributed by atoms with Crippen molar-refractivity contribution in [3.8, 4) is 0 Å². The highest BCUT2D eigenvalue weighted by molar-refractivity contribution is 6.00. The molecule has 4 heteroatoms. The van der Waals surface area contributed by atoms with E-state index in [0.717, 1.165) is 16.9 Å². The largest absolute Gasteiger partial charge is 0.355 e. The van der Waals surface area contributed by atoms with Crippen molar-refractivity contribution in [3.63, 3.8) is 0 Å². The lowest BCUT2D eigenvalue weighted by Crippen LogP contribution is -2.19. The zero-order chi connectivity index (χ0) is 15.0. The van der Waals surface area contributed by atoms with Gasteiger partial charge in [-0.25, -0.2) is 0 Å². The first kappa shape index (κ1) is 15.7. The van der Waals surface area contributed by atoms with Crippen LogP contribution >= 0.6 is 0 Å². The smallest absolute Gasteiger partial charge is 0.253 e. The molecule has 0 saturated heterocycles. The first-order chi connectivity index (χ1) is 9.70. The molecular formula is C16H21N3O. The molecule has 0 spiro atoms. The number of rotatable bonds is 3. The zero-order valence-electron chi connectivity index (χ0n) is 12.4. The van der Waals surface area contributed by atoms with Gasteiger partial charge in [-0.1, -0.05) is 26.0 Å². The maximum absolute atomic E-state index is 11.7. The average molecular weight is 271 g/mol. The molecule has 0 fully saturated rings. The second-order valence-electron chi connectivity index (χ2n) is 4.00. The molecule has 0 radical (unpaired) electrons. The van der Waals surface area contributed by atoms with Crippen LogP contribution in [0.5, 0.6) is 0 Å². The van der Waals surface area contributed by atoms with Crippen molar-refractivity contribution in [2.75, 3.05) is 12.4 Å². The van der Waals surface area contributed by atoms with E-state index in [1.165, 1.54) is 0 Å². The Bertz CT molecular complexity index is 567. The molecule has 2 rings (SSSR count). The molecule has 4 nitrogen and oxygen atoms in total. The SMILES string of the molecule is CC.CNC(=O)c1ccccc1Nc1cncc(C)c1. The number of para-hydroxylation sites is 1. The van der Waals surface area contributed by atoms with Gasteiger partial charge in [0.15, 0.2) is 0 Å².